The van der Waals surface area contributed by atoms with Crippen molar-refractivity contribution in [2.75, 3.05) is 7.05 Å². The van der Waals surface area contributed by atoms with E-state index in [0.717, 1.165) is 5.76 Å². The quantitative estimate of drug-likeness (QED) is 0.817. The van der Waals surface area contributed by atoms with Crippen LogP contribution in [0, 0.1) is 6.92 Å². The van der Waals surface area contributed by atoms with Crippen LogP contribution in [0.15, 0.2) is 44.6 Å². The van der Waals surface area contributed by atoms with Crippen molar-refractivity contribution < 1.29 is 24.2 Å². The fourth-order valence-electron chi connectivity index (χ4n) is 2.19. The van der Waals surface area contributed by atoms with Crippen molar-refractivity contribution in [3.05, 3.63) is 52.3 Å². The molecule has 0 bridgehead atoms. The minimum Gasteiger partial charge on any atom is -0.507 e. The Kier molecular flexibility index (Phi) is 4.37. The van der Waals surface area contributed by atoms with Gasteiger partial charge in [-0.05, 0) is 43.0 Å². The monoisotopic (exact) mass is 358 g/mol. The summed E-state index contributed by atoms with van der Waals surface area (Å²) in [6, 6.07) is 7.55. The lowest BCUT2D eigenvalue weighted by molar-refractivity contribution is -0.121. The van der Waals surface area contributed by atoms with Crippen molar-refractivity contribution in [3.63, 3.8) is 0 Å². The van der Waals surface area contributed by atoms with Crippen molar-refractivity contribution in [1.29, 1.82) is 0 Å². The number of phenols is 1. The second-order valence-corrected chi connectivity index (χ2v) is 6.33. The van der Waals surface area contributed by atoms with E-state index < -0.39 is 5.97 Å². The van der Waals surface area contributed by atoms with Crippen LogP contribution in [0.5, 0.6) is 5.75 Å². The Labute approximate surface area is 147 Å². The van der Waals surface area contributed by atoms with Crippen molar-refractivity contribution >= 4 is 40.6 Å². The molecular formula is C17H14N2O5S. The molecule has 0 aliphatic carbocycles. The molecule has 0 spiro atoms. The van der Waals surface area contributed by atoms with Gasteiger partial charge in [-0.1, -0.05) is 0 Å². The molecule has 25 heavy (non-hydrogen) atoms. The number of nitrogens with zero attached hydrogens (tertiary/aromatic N) is 2. The van der Waals surface area contributed by atoms with Gasteiger partial charge in [-0.3, -0.25) is 9.69 Å². The number of amides is 1. The predicted molar refractivity (Wildman–Crippen MR) is 93.9 cm³/mol. The number of hydrogen-bond acceptors (Lipinski definition) is 6. The molecule has 8 heteroatoms. The summed E-state index contributed by atoms with van der Waals surface area (Å²) in [5.41, 5.74) is 0.140. The largest absolute Gasteiger partial charge is 0.507 e. The Morgan fingerprint density at radius 2 is 2.08 bits per heavy atom. The minimum absolute atomic E-state index is 0.207. The number of thioether (sulfide) groups is 1. The van der Waals surface area contributed by atoms with Gasteiger partial charge >= 0.3 is 5.97 Å². The maximum atomic E-state index is 12.3. The summed E-state index contributed by atoms with van der Waals surface area (Å²) < 4.78 is 5.44. The molecule has 2 heterocycles. The highest BCUT2D eigenvalue weighted by atomic mass is 32.2. The van der Waals surface area contributed by atoms with Gasteiger partial charge in [-0.2, -0.15) is 0 Å². The zero-order valence-corrected chi connectivity index (χ0v) is 14.2. The normalized spacial score (nSPS) is 17.7. The number of hydrogen-bond donors (Lipinski definition) is 2. The summed E-state index contributed by atoms with van der Waals surface area (Å²) in [7, 11) is 1.59. The summed E-state index contributed by atoms with van der Waals surface area (Å²) in [5, 5.41) is 19.1. The van der Waals surface area contributed by atoms with E-state index in [1.165, 1.54) is 34.9 Å². The first-order chi connectivity index (χ1) is 11.8. The Balaban J connectivity index is 1.89. The first-order valence-electron chi connectivity index (χ1n) is 7.24. The second-order valence-electron chi connectivity index (χ2n) is 5.32. The molecule has 1 aromatic heterocycles. The van der Waals surface area contributed by atoms with Crippen molar-refractivity contribution in [1.82, 2.24) is 4.90 Å². The molecule has 0 saturated carbocycles. The molecule has 1 amide bonds. The van der Waals surface area contributed by atoms with E-state index in [-0.39, 0.29) is 17.2 Å². The molecular weight excluding hydrogens is 344 g/mol. The topological polar surface area (TPSA) is 103 Å². The lowest BCUT2D eigenvalue weighted by Gasteiger charge is -2.07. The highest BCUT2D eigenvalue weighted by Crippen LogP contribution is 2.34. The third-order valence-electron chi connectivity index (χ3n) is 3.47. The minimum atomic E-state index is -1.22. The van der Waals surface area contributed by atoms with E-state index >= 15 is 0 Å². The van der Waals surface area contributed by atoms with Crippen LogP contribution in [0.2, 0.25) is 0 Å². The number of rotatable bonds is 3. The van der Waals surface area contributed by atoms with Crippen LogP contribution in [0.1, 0.15) is 21.9 Å². The van der Waals surface area contributed by atoms with Gasteiger partial charge in [0.25, 0.3) is 5.91 Å². The number of carbonyl (C=O) groups is 2. The number of furan rings is 1. The summed E-state index contributed by atoms with van der Waals surface area (Å²) in [6.45, 7) is 1.82. The van der Waals surface area contributed by atoms with Crippen LogP contribution >= 0.6 is 11.8 Å². The van der Waals surface area contributed by atoms with E-state index in [0.29, 0.717) is 21.5 Å². The van der Waals surface area contributed by atoms with Gasteiger partial charge in [0.2, 0.25) is 0 Å². The lowest BCUT2D eigenvalue weighted by Crippen LogP contribution is -2.23. The number of aliphatic imine (C=N–C) groups is 1. The Bertz CT molecular complexity index is 929. The van der Waals surface area contributed by atoms with Gasteiger partial charge < -0.3 is 14.6 Å². The van der Waals surface area contributed by atoms with Crippen LogP contribution in [0.3, 0.4) is 0 Å². The molecule has 3 rings (SSSR count). The van der Waals surface area contributed by atoms with Crippen molar-refractivity contribution in [2.45, 2.75) is 6.92 Å². The lowest BCUT2D eigenvalue weighted by atomic mass is 10.2. The Hall–Kier alpha value is -3.00. The van der Waals surface area contributed by atoms with Crippen molar-refractivity contribution in [3.8, 4) is 5.75 Å². The fourth-order valence-corrected chi connectivity index (χ4v) is 3.16. The Morgan fingerprint density at radius 3 is 2.68 bits per heavy atom. The summed E-state index contributed by atoms with van der Waals surface area (Å²) >= 11 is 1.17. The molecule has 7 nitrogen and oxygen atoms in total. The number of carboxylic acids is 1. The zero-order chi connectivity index (χ0) is 18.1. The molecule has 0 unspecified atom stereocenters. The van der Waals surface area contributed by atoms with E-state index in [1.54, 1.807) is 19.2 Å². The fraction of sp³-hybridized carbons (Fsp3) is 0.118. The van der Waals surface area contributed by atoms with Crippen LogP contribution < -0.4 is 0 Å². The number of aromatic carboxylic acids is 1. The number of likely N-dealkylation sites (N-methyl/N-ethyl adjacent to an activating group) is 1. The van der Waals surface area contributed by atoms with Crippen LogP contribution in [-0.2, 0) is 4.79 Å². The van der Waals surface area contributed by atoms with Gasteiger partial charge in [-0.25, -0.2) is 9.79 Å². The molecule has 2 aromatic rings. The first-order valence-corrected chi connectivity index (χ1v) is 8.06. The third kappa shape index (κ3) is 3.43. The van der Waals surface area contributed by atoms with Gasteiger partial charge in [0.1, 0.15) is 22.8 Å². The summed E-state index contributed by atoms with van der Waals surface area (Å²) in [4.78, 5) is 29.4. The standard InChI is InChI=1S/C17H14N2O5S/c1-9-3-5-11(24-9)8-14-15(21)19(2)17(25-14)18-10-4-6-12(16(22)23)13(20)7-10/h3-8,20H,1-2H3,(H,22,23)/b14-8-,18-17?. The summed E-state index contributed by atoms with van der Waals surface area (Å²) in [5.74, 6) is -0.500. The van der Waals surface area contributed by atoms with Crippen LogP contribution in [-0.4, -0.2) is 39.2 Å². The van der Waals surface area contributed by atoms with Gasteiger partial charge in [-0.15, -0.1) is 0 Å². The number of benzene rings is 1. The maximum Gasteiger partial charge on any atom is 0.339 e. The molecule has 1 fully saturated rings. The first kappa shape index (κ1) is 16.8. The average molecular weight is 358 g/mol. The number of amidine groups is 1. The number of aromatic hydroxyl groups is 1. The molecule has 0 atom stereocenters. The average Bonchev–Trinajstić information content (AvgIpc) is 3.06. The van der Waals surface area contributed by atoms with E-state index in [2.05, 4.69) is 4.99 Å². The molecule has 128 valence electrons. The highest BCUT2D eigenvalue weighted by Gasteiger charge is 2.30. The van der Waals surface area contributed by atoms with Gasteiger partial charge in [0.05, 0.1) is 10.6 Å². The highest BCUT2D eigenvalue weighted by molar-refractivity contribution is 8.18. The molecule has 1 saturated heterocycles. The number of carbonyl (C=O) groups excluding carboxylic acids is 1. The number of carboxylic acid groups (broad SMARTS) is 1. The molecule has 0 radical (unpaired) electrons. The Morgan fingerprint density at radius 1 is 1.32 bits per heavy atom. The summed E-state index contributed by atoms with van der Waals surface area (Å²) in [6.07, 6.45) is 1.64. The SMILES string of the molecule is Cc1ccc(/C=C2\SC(=Nc3ccc(C(=O)O)c(O)c3)N(C)C2=O)o1. The predicted octanol–water partition coefficient (Wildman–Crippen LogP) is 3.23. The number of aryl methyl sites for hydroxylation is 1. The third-order valence-corrected chi connectivity index (χ3v) is 4.53. The van der Waals surface area contributed by atoms with Gasteiger partial charge in [0, 0.05) is 19.2 Å². The van der Waals surface area contributed by atoms with E-state index in [4.69, 9.17) is 9.52 Å². The van der Waals surface area contributed by atoms with Gasteiger partial charge in [0.15, 0.2) is 5.17 Å². The van der Waals surface area contributed by atoms with E-state index in [1.807, 2.05) is 13.0 Å². The second kappa shape index (κ2) is 6.48. The van der Waals surface area contributed by atoms with E-state index in [9.17, 15) is 14.7 Å². The molecule has 1 aliphatic heterocycles. The van der Waals surface area contributed by atoms with Crippen LogP contribution in [0.4, 0.5) is 5.69 Å². The molecule has 1 aromatic carbocycles. The van der Waals surface area contributed by atoms with Crippen LogP contribution in [0.25, 0.3) is 6.08 Å². The maximum absolute atomic E-state index is 12.3. The zero-order valence-electron chi connectivity index (χ0n) is 13.4. The molecule has 2 N–H and O–H groups in total. The van der Waals surface area contributed by atoms with Crippen molar-refractivity contribution in [2.24, 2.45) is 4.99 Å². The molecule has 1 aliphatic rings. The smallest absolute Gasteiger partial charge is 0.339 e.